The molecule has 0 saturated carbocycles. The van der Waals surface area contributed by atoms with E-state index >= 15 is 0 Å². The van der Waals surface area contributed by atoms with Crippen LogP contribution in [0.1, 0.15) is 17.3 Å². The first-order valence-corrected chi connectivity index (χ1v) is 6.68. The molecule has 1 aromatic carbocycles. The molecule has 1 rings (SSSR count). The van der Waals surface area contributed by atoms with Crippen molar-refractivity contribution in [2.24, 2.45) is 0 Å². The van der Waals surface area contributed by atoms with Gasteiger partial charge in [0.2, 0.25) is 0 Å². The Kier molecular flexibility index (Phi) is 4.96. The Labute approximate surface area is 109 Å². The van der Waals surface area contributed by atoms with Crippen LogP contribution in [0.3, 0.4) is 0 Å². The van der Waals surface area contributed by atoms with Gasteiger partial charge in [0.05, 0.1) is 4.92 Å². The predicted molar refractivity (Wildman–Crippen MR) is 72.8 cm³/mol. The summed E-state index contributed by atoms with van der Waals surface area (Å²) >= 11 is 1.61. The lowest BCUT2D eigenvalue weighted by atomic mass is 10.1. The summed E-state index contributed by atoms with van der Waals surface area (Å²) in [7, 11) is 0. The number of hydrogen-bond acceptors (Lipinski definition) is 5. The number of thioether (sulfide) groups is 1. The molecule has 0 radical (unpaired) electrons. The van der Waals surface area contributed by atoms with Crippen LogP contribution in [0.15, 0.2) is 18.2 Å². The molecule has 0 heterocycles. The fourth-order valence-corrected chi connectivity index (χ4v) is 2.03. The van der Waals surface area contributed by atoms with Crippen LogP contribution in [0.5, 0.6) is 0 Å². The van der Waals surface area contributed by atoms with Crippen LogP contribution in [0.2, 0.25) is 0 Å². The highest BCUT2D eigenvalue weighted by Crippen LogP contribution is 2.22. The van der Waals surface area contributed by atoms with E-state index in [0.29, 0.717) is 0 Å². The Morgan fingerprint density at radius 3 is 2.83 bits per heavy atom. The maximum absolute atomic E-state index is 11.8. The van der Waals surface area contributed by atoms with E-state index in [4.69, 9.17) is 5.73 Å². The lowest BCUT2D eigenvalue weighted by Gasteiger charge is -2.12. The van der Waals surface area contributed by atoms with Crippen LogP contribution in [0.25, 0.3) is 0 Å². The molecule has 0 aliphatic heterocycles. The monoisotopic (exact) mass is 269 g/mol. The van der Waals surface area contributed by atoms with Gasteiger partial charge in [-0.15, -0.1) is 0 Å². The number of benzene rings is 1. The summed E-state index contributed by atoms with van der Waals surface area (Å²) in [4.78, 5) is 21.9. The first-order chi connectivity index (χ1) is 8.45. The van der Waals surface area contributed by atoms with Gasteiger partial charge in [-0.2, -0.15) is 11.8 Å². The van der Waals surface area contributed by atoms with Crippen molar-refractivity contribution >= 4 is 29.0 Å². The molecular weight excluding hydrogens is 254 g/mol. The molecule has 0 fully saturated rings. The van der Waals surface area contributed by atoms with Crippen molar-refractivity contribution in [2.45, 2.75) is 13.0 Å². The molecule has 1 amide bonds. The van der Waals surface area contributed by atoms with E-state index < -0.39 is 4.92 Å². The maximum atomic E-state index is 11.8. The highest BCUT2D eigenvalue weighted by Gasteiger charge is 2.16. The second-order valence-corrected chi connectivity index (χ2v) is 4.77. The topological polar surface area (TPSA) is 98.3 Å². The minimum atomic E-state index is -0.600. The number of nitrogen functional groups attached to an aromatic ring is 1. The number of carbonyl (C=O) groups is 1. The van der Waals surface area contributed by atoms with Gasteiger partial charge in [-0.3, -0.25) is 14.9 Å². The number of nitrogens with zero attached hydrogens (tertiary/aromatic N) is 1. The van der Waals surface area contributed by atoms with Crippen molar-refractivity contribution in [1.82, 2.24) is 5.32 Å². The van der Waals surface area contributed by atoms with Crippen LogP contribution >= 0.6 is 11.8 Å². The Hall–Kier alpha value is -1.76. The summed E-state index contributed by atoms with van der Waals surface area (Å²) in [5.41, 5.74) is 5.50. The van der Waals surface area contributed by atoms with Gasteiger partial charge in [0.25, 0.3) is 11.6 Å². The Morgan fingerprint density at radius 2 is 2.28 bits per heavy atom. The zero-order chi connectivity index (χ0) is 13.7. The van der Waals surface area contributed by atoms with Crippen LogP contribution in [-0.4, -0.2) is 28.9 Å². The van der Waals surface area contributed by atoms with Crippen molar-refractivity contribution in [2.75, 3.05) is 17.7 Å². The van der Waals surface area contributed by atoms with Gasteiger partial charge in [0, 0.05) is 23.4 Å². The van der Waals surface area contributed by atoms with E-state index in [9.17, 15) is 14.9 Å². The highest BCUT2D eigenvalue weighted by atomic mass is 32.2. The average molecular weight is 269 g/mol. The van der Waals surface area contributed by atoms with E-state index in [1.165, 1.54) is 18.2 Å². The third-order valence-corrected chi connectivity index (χ3v) is 3.12. The SMILES string of the molecule is CSCC(C)NC(=O)c1ccc(N)c([N+](=O)[O-])c1. The fourth-order valence-electron chi connectivity index (χ4n) is 1.44. The van der Waals surface area contributed by atoms with Gasteiger partial charge < -0.3 is 11.1 Å². The van der Waals surface area contributed by atoms with Gasteiger partial charge in [-0.1, -0.05) is 0 Å². The molecule has 0 aliphatic rings. The third-order valence-electron chi connectivity index (χ3n) is 2.28. The number of nitrogens with one attached hydrogen (secondary N) is 1. The van der Waals surface area contributed by atoms with Crippen LogP contribution in [0.4, 0.5) is 11.4 Å². The highest BCUT2D eigenvalue weighted by molar-refractivity contribution is 7.98. The maximum Gasteiger partial charge on any atom is 0.292 e. The number of anilines is 1. The number of rotatable bonds is 5. The molecule has 0 aromatic heterocycles. The molecule has 1 aromatic rings. The van der Waals surface area contributed by atoms with Gasteiger partial charge in [0.1, 0.15) is 5.69 Å². The Morgan fingerprint density at radius 1 is 1.61 bits per heavy atom. The molecule has 0 aliphatic carbocycles. The number of nitro benzene ring substituents is 1. The molecule has 0 saturated heterocycles. The van der Waals surface area contributed by atoms with Gasteiger partial charge in [0.15, 0.2) is 0 Å². The lowest BCUT2D eigenvalue weighted by Crippen LogP contribution is -2.34. The molecule has 3 N–H and O–H groups in total. The van der Waals surface area contributed by atoms with Gasteiger partial charge in [-0.05, 0) is 25.3 Å². The summed E-state index contributed by atoms with van der Waals surface area (Å²) < 4.78 is 0. The summed E-state index contributed by atoms with van der Waals surface area (Å²) in [6.07, 6.45) is 1.94. The second kappa shape index (κ2) is 6.25. The van der Waals surface area contributed by atoms with Crippen molar-refractivity contribution in [3.8, 4) is 0 Å². The Balaban J connectivity index is 2.87. The molecule has 6 nitrogen and oxygen atoms in total. The van der Waals surface area contributed by atoms with Crippen molar-refractivity contribution < 1.29 is 9.72 Å². The quantitative estimate of drug-likeness (QED) is 0.481. The molecule has 18 heavy (non-hydrogen) atoms. The largest absolute Gasteiger partial charge is 0.393 e. The lowest BCUT2D eigenvalue weighted by molar-refractivity contribution is -0.383. The van der Waals surface area contributed by atoms with Crippen molar-refractivity contribution in [3.63, 3.8) is 0 Å². The normalized spacial score (nSPS) is 11.9. The van der Waals surface area contributed by atoms with Crippen LogP contribution < -0.4 is 11.1 Å². The number of nitro groups is 1. The molecule has 1 unspecified atom stereocenters. The van der Waals surface area contributed by atoms with E-state index in [-0.39, 0.29) is 28.9 Å². The van der Waals surface area contributed by atoms with Crippen LogP contribution in [-0.2, 0) is 0 Å². The number of carbonyl (C=O) groups excluding carboxylic acids is 1. The predicted octanol–water partition coefficient (Wildman–Crippen LogP) is 1.66. The second-order valence-electron chi connectivity index (χ2n) is 3.86. The number of nitrogens with two attached hydrogens (primary N) is 1. The minimum Gasteiger partial charge on any atom is -0.393 e. The van der Waals surface area contributed by atoms with Gasteiger partial charge in [-0.25, -0.2) is 0 Å². The third kappa shape index (κ3) is 3.63. The van der Waals surface area contributed by atoms with Gasteiger partial charge >= 0.3 is 0 Å². The van der Waals surface area contributed by atoms with Crippen molar-refractivity contribution in [3.05, 3.63) is 33.9 Å². The first-order valence-electron chi connectivity index (χ1n) is 5.29. The molecule has 1 atom stereocenters. The molecule has 7 heteroatoms. The van der Waals surface area contributed by atoms with Crippen LogP contribution in [0, 0.1) is 10.1 Å². The molecule has 98 valence electrons. The van der Waals surface area contributed by atoms with E-state index in [2.05, 4.69) is 5.32 Å². The smallest absolute Gasteiger partial charge is 0.292 e. The summed E-state index contributed by atoms with van der Waals surface area (Å²) in [6, 6.07) is 4.04. The summed E-state index contributed by atoms with van der Waals surface area (Å²) in [5.74, 6) is 0.447. The number of amides is 1. The minimum absolute atomic E-state index is 0.00380. The summed E-state index contributed by atoms with van der Waals surface area (Å²) in [6.45, 7) is 1.88. The average Bonchev–Trinajstić information content (AvgIpc) is 2.29. The summed E-state index contributed by atoms with van der Waals surface area (Å²) in [5, 5.41) is 13.5. The Bertz CT molecular complexity index is 465. The van der Waals surface area contributed by atoms with E-state index in [0.717, 1.165) is 5.75 Å². The zero-order valence-corrected chi connectivity index (χ0v) is 11.0. The molecular formula is C11H15N3O3S. The zero-order valence-electron chi connectivity index (χ0n) is 10.2. The van der Waals surface area contributed by atoms with E-state index in [1.807, 2.05) is 13.2 Å². The first kappa shape index (κ1) is 14.3. The molecule has 0 spiro atoms. The molecule has 0 bridgehead atoms. The van der Waals surface area contributed by atoms with E-state index in [1.54, 1.807) is 11.8 Å². The standard InChI is InChI=1S/C11H15N3O3S/c1-7(6-18-2)13-11(15)8-3-4-9(12)10(5-8)14(16)17/h3-5,7H,6,12H2,1-2H3,(H,13,15). The fraction of sp³-hybridized carbons (Fsp3) is 0.364. The number of hydrogen-bond donors (Lipinski definition) is 2. The van der Waals surface area contributed by atoms with Crippen molar-refractivity contribution in [1.29, 1.82) is 0 Å².